The molecular formula is C28H37ClO10. The minimum Gasteiger partial charge on any atom is -0.508 e. The van der Waals surface area contributed by atoms with E-state index in [1.165, 1.54) is 26.4 Å². The maximum Gasteiger partial charge on any atom is 0.337 e. The van der Waals surface area contributed by atoms with Gasteiger partial charge in [0.25, 0.3) is 0 Å². The Kier molecular flexibility index (Phi) is 12.5. The van der Waals surface area contributed by atoms with E-state index in [9.17, 15) is 9.59 Å². The summed E-state index contributed by atoms with van der Waals surface area (Å²) in [7, 11) is 2.65. The average molecular weight is 569 g/mol. The zero-order valence-electron chi connectivity index (χ0n) is 23.1. The molecule has 2 heterocycles. The fourth-order valence-corrected chi connectivity index (χ4v) is 3.61. The van der Waals surface area contributed by atoms with Crippen LogP contribution in [0.3, 0.4) is 0 Å². The maximum absolute atomic E-state index is 11.4. The number of hydrogen-bond acceptors (Lipinski definition) is 10. The van der Waals surface area contributed by atoms with Gasteiger partial charge in [-0.05, 0) is 64.1 Å². The number of carbonyl (C=O) groups is 2. The molecule has 2 aliphatic heterocycles. The van der Waals surface area contributed by atoms with Crippen molar-refractivity contribution in [2.75, 3.05) is 39.9 Å². The van der Waals surface area contributed by atoms with E-state index in [0.717, 1.165) is 0 Å². The number of hydrogen-bond donors (Lipinski definition) is 1. The molecule has 0 bridgehead atoms. The Morgan fingerprint density at radius 1 is 0.872 bits per heavy atom. The van der Waals surface area contributed by atoms with Gasteiger partial charge in [-0.3, -0.25) is 0 Å². The van der Waals surface area contributed by atoms with Gasteiger partial charge < -0.3 is 38.3 Å². The molecule has 4 rings (SSSR count). The van der Waals surface area contributed by atoms with Crippen molar-refractivity contribution in [3.63, 3.8) is 0 Å². The van der Waals surface area contributed by atoms with Gasteiger partial charge in [0.05, 0.1) is 50.5 Å². The summed E-state index contributed by atoms with van der Waals surface area (Å²) in [6.45, 7) is 9.02. The lowest BCUT2D eigenvalue weighted by Gasteiger charge is -2.17. The molecule has 216 valence electrons. The van der Waals surface area contributed by atoms with Gasteiger partial charge in [0.15, 0.2) is 11.6 Å². The number of benzene rings is 2. The van der Waals surface area contributed by atoms with E-state index in [4.69, 9.17) is 40.4 Å². The molecule has 2 aromatic carbocycles. The van der Waals surface area contributed by atoms with Crippen LogP contribution in [0.5, 0.6) is 11.5 Å². The highest BCUT2D eigenvalue weighted by Gasteiger charge is 2.33. The molecule has 0 aliphatic carbocycles. The largest absolute Gasteiger partial charge is 0.508 e. The van der Waals surface area contributed by atoms with Crippen molar-refractivity contribution >= 4 is 23.5 Å². The van der Waals surface area contributed by atoms with Gasteiger partial charge in [-0.1, -0.05) is 12.1 Å². The fourth-order valence-electron chi connectivity index (χ4n) is 3.45. The first kappa shape index (κ1) is 32.3. The van der Waals surface area contributed by atoms with Gasteiger partial charge in [0.2, 0.25) is 0 Å². The van der Waals surface area contributed by atoms with E-state index in [1.54, 1.807) is 36.4 Å². The smallest absolute Gasteiger partial charge is 0.337 e. The molecule has 39 heavy (non-hydrogen) atoms. The first-order valence-corrected chi connectivity index (χ1v) is 12.8. The van der Waals surface area contributed by atoms with Crippen LogP contribution in [-0.4, -0.2) is 80.7 Å². The number of alkyl halides is 1. The molecule has 2 atom stereocenters. The molecule has 11 heteroatoms. The minimum absolute atomic E-state index is 0.0629. The second-order valence-electron chi connectivity index (χ2n) is 9.43. The number of esters is 2. The monoisotopic (exact) mass is 568 g/mol. The summed E-state index contributed by atoms with van der Waals surface area (Å²) in [5.74, 6) is -0.609. The highest BCUT2D eigenvalue weighted by molar-refractivity contribution is 6.18. The van der Waals surface area contributed by atoms with Crippen LogP contribution in [0.4, 0.5) is 0 Å². The number of methoxy groups -OCH3 is 2. The highest BCUT2D eigenvalue weighted by Crippen LogP contribution is 2.24. The molecule has 2 fully saturated rings. The Bertz CT molecular complexity index is 1070. The van der Waals surface area contributed by atoms with E-state index in [0.29, 0.717) is 42.6 Å². The van der Waals surface area contributed by atoms with Crippen molar-refractivity contribution in [1.82, 2.24) is 0 Å². The Hall–Kier alpha value is -2.89. The van der Waals surface area contributed by atoms with E-state index >= 15 is 0 Å². The third-order valence-electron chi connectivity index (χ3n) is 5.26. The van der Waals surface area contributed by atoms with Gasteiger partial charge in [0, 0.05) is 0 Å². The molecule has 0 radical (unpaired) electrons. The Morgan fingerprint density at radius 3 is 1.82 bits per heavy atom. The van der Waals surface area contributed by atoms with Gasteiger partial charge >= 0.3 is 11.9 Å². The third kappa shape index (κ3) is 11.4. The zero-order valence-corrected chi connectivity index (χ0v) is 23.9. The van der Waals surface area contributed by atoms with Gasteiger partial charge in [-0.25, -0.2) is 9.59 Å². The van der Waals surface area contributed by atoms with Crippen molar-refractivity contribution in [3.05, 3.63) is 59.7 Å². The predicted octanol–water partition coefficient (Wildman–Crippen LogP) is 4.56. The molecule has 2 saturated heterocycles. The maximum atomic E-state index is 11.4. The van der Waals surface area contributed by atoms with Crippen LogP contribution in [0, 0.1) is 0 Å². The standard InChI is InChI=1S/C14H18O5.C8H8O3.C6H11ClO2/c1-14(2)18-9-12(19-14)8-17-11-6-4-5-10(7-11)13(15)16-3;1-11-8(10)6-3-2-4-7(9)5-6;1-6(2)8-4-5(3-7)9-6/h4-7,12H,8-9H2,1-3H3;2-5,9H,1H3;5H,3-4H2,1-2H3/t12-;;5-/m1.1/s1. The van der Waals surface area contributed by atoms with Crippen LogP contribution in [0.15, 0.2) is 48.5 Å². The van der Waals surface area contributed by atoms with Gasteiger partial charge in [-0.2, -0.15) is 0 Å². The quantitative estimate of drug-likeness (QED) is 0.392. The van der Waals surface area contributed by atoms with Crippen LogP contribution in [0.25, 0.3) is 0 Å². The number of ether oxygens (including phenoxy) is 7. The van der Waals surface area contributed by atoms with Crippen LogP contribution in [-0.2, 0) is 28.4 Å². The van der Waals surface area contributed by atoms with Gasteiger partial charge in [0.1, 0.15) is 24.2 Å². The lowest BCUT2D eigenvalue weighted by atomic mass is 10.2. The lowest BCUT2D eigenvalue weighted by Crippen LogP contribution is -2.25. The summed E-state index contributed by atoms with van der Waals surface area (Å²) in [6.07, 6.45) is -0.0153. The van der Waals surface area contributed by atoms with Crippen molar-refractivity contribution in [2.45, 2.75) is 51.5 Å². The normalized spacial score (nSPS) is 20.5. The number of phenols is 1. The first-order valence-electron chi connectivity index (χ1n) is 12.3. The number of rotatable bonds is 6. The molecule has 1 N–H and O–H groups in total. The summed E-state index contributed by atoms with van der Waals surface area (Å²) >= 11 is 5.53. The second kappa shape index (κ2) is 15.0. The van der Waals surface area contributed by atoms with Crippen molar-refractivity contribution in [1.29, 1.82) is 0 Å². The van der Waals surface area contributed by atoms with E-state index in [-0.39, 0.29) is 23.9 Å². The summed E-state index contributed by atoms with van der Waals surface area (Å²) in [6, 6.07) is 12.9. The van der Waals surface area contributed by atoms with Crippen LogP contribution in [0.1, 0.15) is 48.4 Å². The average Bonchev–Trinajstić information content (AvgIpc) is 3.47. The van der Waals surface area contributed by atoms with Crippen molar-refractivity contribution in [2.24, 2.45) is 0 Å². The second-order valence-corrected chi connectivity index (χ2v) is 9.74. The van der Waals surface area contributed by atoms with Crippen LogP contribution >= 0.6 is 11.6 Å². The van der Waals surface area contributed by atoms with Gasteiger partial charge in [-0.15, -0.1) is 11.6 Å². The summed E-state index contributed by atoms with van der Waals surface area (Å²) in [5.41, 5.74) is 0.816. The fraction of sp³-hybridized carbons (Fsp3) is 0.500. The Labute approximate surface area is 234 Å². The molecule has 2 aromatic rings. The SMILES string of the molecule is CC1(C)OC[C@@H](CCl)O1.COC(=O)c1cccc(O)c1.COC(=O)c1cccc(OC[C@@H]2COC(C)(C)O2)c1. The molecule has 10 nitrogen and oxygen atoms in total. The van der Waals surface area contributed by atoms with Crippen molar-refractivity contribution < 1.29 is 47.9 Å². The first-order chi connectivity index (χ1) is 18.4. The number of halogens is 1. The van der Waals surface area contributed by atoms with Crippen LogP contribution < -0.4 is 4.74 Å². The Balaban J connectivity index is 0.000000226. The molecule has 0 spiro atoms. The van der Waals surface area contributed by atoms with E-state index < -0.39 is 17.5 Å². The molecule has 0 aromatic heterocycles. The molecule has 0 unspecified atom stereocenters. The lowest BCUT2D eigenvalue weighted by molar-refractivity contribution is -0.141. The summed E-state index contributed by atoms with van der Waals surface area (Å²) in [5, 5.41) is 8.95. The number of phenolic OH excluding ortho intramolecular Hbond substituents is 1. The number of carbonyl (C=O) groups excluding carboxylic acids is 2. The molecular weight excluding hydrogens is 532 g/mol. The zero-order chi connectivity index (χ0) is 29.1. The van der Waals surface area contributed by atoms with E-state index in [1.807, 2.05) is 27.7 Å². The molecule has 0 amide bonds. The predicted molar refractivity (Wildman–Crippen MR) is 143 cm³/mol. The molecule has 2 aliphatic rings. The summed E-state index contributed by atoms with van der Waals surface area (Å²) in [4.78, 5) is 22.2. The summed E-state index contributed by atoms with van der Waals surface area (Å²) < 4.78 is 36.4. The van der Waals surface area contributed by atoms with Crippen molar-refractivity contribution in [3.8, 4) is 11.5 Å². The topological polar surface area (TPSA) is 119 Å². The van der Waals surface area contributed by atoms with E-state index in [2.05, 4.69) is 9.47 Å². The van der Waals surface area contributed by atoms with Crippen LogP contribution in [0.2, 0.25) is 0 Å². The third-order valence-corrected chi connectivity index (χ3v) is 5.61. The Morgan fingerprint density at radius 2 is 1.38 bits per heavy atom. The minimum atomic E-state index is -0.554. The molecule has 0 saturated carbocycles. The number of aromatic hydroxyl groups is 1. The highest BCUT2D eigenvalue weighted by atomic mass is 35.5.